The summed E-state index contributed by atoms with van der Waals surface area (Å²) in [5.74, 6) is 0.690. The van der Waals surface area contributed by atoms with Gasteiger partial charge in [-0.05, 0) is 38.3 Å². The summed E-state index contributed by atoms with van der Waals surface area (Å²) in [5.41, 5.74) is 7.26. The van der Waals surface area contributed by atoms with Gasteiger partial charge in [-0.2, -0.15) is 0 Å². The second-order valence-electron chi connectivity index (χ2n) is 5.35. The molecule has 2 N–H and O–H groups in total. The largest absolute Gasteiger partial charge is 0.372 e. The molecule has 0 amide bonds. The van der Waals surface area contributed by atoms with E-state index in [0.717, 1.165) is 26.1 Å². The van der Waals surface area contributed by atoms with Crippen molar-refractivity contribution in [1.82, 2.24) is 4.90 Å². The Morgan fingerprint density at radius 2 is 2.00 bits per heavy atom. The zero-order valence-corrected chi connectivity index (χ0v) is 12.6. The number of anilines is 1. The summed E-state index contributed by atoms with van der Waals surface area (Å²) in [6.07, 6.45) is 3.54. The summed E-state index contributed by atoms with van der Waals surface area (Å²) in [6.45, 7) is 5.02. The molecule has 110 valence electrons. The standard InChI is InChI=1S/C16H26N4/c1-3-20(15-8-5-4-6-9-15)13-7-12-18-16(17)19(2)14-10-11-14/h4-6,8-9,14H,3,7,10-13H2,1-2H3,(H2,17,18). The highest BCUT2D eigenvalue weighted by Gasteiger charge is 2.27. The fraction of sp³-hybridized carbons (Fsp3) is 0.562. The molecule has 1 aromatic rings. The van der Waals surface area contributed by atoms with Gasteiger partial charge in [-0.15, -0.1) is 0 Å². The molecule has 0 radical (unpaired) electrons. The van der Waals surface area contributed by atoms with Gasteiger partial charge in [0.2, 0.25) is 0 Å². The maximum absolute atomic E-state index is 5.98. The van der Waals surface area contributed by atoms with Crippen LogP contribution in [-0.2, 0) is 0 Å². The Balaban J connectivity index is 1.75. The van der Waals surface area contributed by atoms with Gasteiger partial charge in [-0.25, -0.2) is 0 Å². The molecule has 4 nitrogen and oxygen atoms in total. The van der Waals surface area contributed by atoms with Gasteiger partial charge in [-0.3, -0.25) is 4.99 Å². The average molecular weight is 274 g/mol. The fourth-order valence-corrected chi connectivity index (χ4v) is 2.32. The van der Waals surface area contributed by atoms with Gasteiger partial charge >= 0.3 is 0 Å². The van der Waals surface area contributed by atoms with Crippen LogP contribution in [0.25, 0.3) is 0 Å². The topological polar surface area (TPSA) is 44.9 Å². The molecule has 1 fully saturated rings. The van der Waals surface area contributed by atoms with Crippen molar-refractivity contribution in [3.8, 4) is 0 Å². The molecule has 0 heterocycles. The van der Waals surface area contributed by atoms with Gasteiger partial charge < -0.3 is 15.5 Å². The van der Waals surface area contributed by atoms with Gasteiger partial charge in [0, 0.05) is 38.4 Å². The van der Waals surface area contributed by atoms with Crippen molar-refractivity contribution < 1.29 is 0 Å². The van der Waals surface area contributed by atoms with Crippen LogP contribution in [-0.4, -0.2) is 43.6 Å². The van der Waals surface area contributed by atoms with E-state index in [-0.39, 0.29) is 0 Å². The third kappa shape index (κ3) is 4.15. The average Bonchev–Trinajstić information content (AvgIpc) is 3.32. The molecule has 0 unspecified atom stereocenters. The first-order valence-electron chi connectivity index (χ1n) is 7.55. The monoisotopic (exact) mass is 274 g/mol. The highest BCUT2D eigenvalue weighted by Crippen LogP contribution is 2.24. The van der Waals surface area contributed by atoms with Crippen molar-refractivity contribution in [2.45, 2.75) is 32.2 Å². The highest BCUT2D eigenvalue weighted by atomic mass is 15.3. The number of para-hydroxylation sites is 1. The number of benzene rings is 1. The van der Waals surface area contributed by atoms with Crippen LogP contribution in [0.2, 0.25) is 0 Å². The molecule has 0 atom stereocenters. The molecule has 0 aromatic heterocycles. The zero-order valence-electron chi connectivity index (χ0n) is 12.6. The van der Waals surface area contributed by atoms with E-state index >= 15 is 0 Å². The fourth-order valence-electron chi connectivity index (χ4n) is 2.32. The Kier molecular flexibility index (Phi) is 5.27. The first kappa shape index (κ1) is 14.7. The number of guanidine groups is 1. The van der Waals surface area contributed by atoms with Crippen LogP contribution in [0.5, 0.6) is 0 Å². The Morgan fingerprint density at radius 1 is 1.30 bits per heavy atom. The van der Waals surface area contributed by atoms with Gasteiger partial charge in [0.25, 0.3) is 0 Å². The third-order valence-corrected chi connectivity index (χ3v) is 3.82. The summed E-state index contributed by atoms with van der Waals surface area (Å²) in [7, 11) is 2.04. The summed E-state index contributed by atoms with van der Waals surface area (Å²) < 4.78 is 0. The summed E-state index contributed by atoms with van der Waals surface area (Å²) in [5, 5.41) is 0. The molecule has 1 aliphatic carbocycles. The lowest BCUT2D eigenvalue weighted by atomic mass is 10.2. The Labute approximate surface area is 122 Å². The molecule has 4 heteroatoms. The second kappa shape index (κ2) is 7.17. The SMILES string of the molecule is CCN(CCCN=C(N)N(C)C1CC1)c1ccccc1. The van der Waals surface area contributed by atoms with E-state index in [9.17, 15) is 0 Å². The van der Waals surface area contributed by atoms with E-state index < -0.39 is 0 Å². The molecule has 1 aromatic carbocycles. The van der Waals surface area contributed by atoms with Crippen LogP contribution in [0.4, 0.5) is 5.69 Å². The quantitative estimate of drug-likeness (QED) is 0.471. The minimum absolute atomic E-state index is 0.634. The Bertz CT molecular complexity index is 425. The van der Waals surface area contributed by atoms with Crippen LogP contribution in [0, 0.1) is 0 Å². The van der Waals surface area contributed by atoms with Crippen LogP contribution in [0.1, 0.15) is 26.2 Å². The molecule has 0 aliphatic heterocycles. The van der Waals surface area contributed by atoms with Crippen molar-refractivity contribution in [1.29, 1.82) is 0 Å². The van der Waals surface area contributed by atoms with Crippen molar-refractivity contribution >= 4 is 11.6 Å². The maximum Gasteiger partial charge on any atom is 0.191 e. The molecular formula is C16H26N4. The normalized spacial score (nSPS) is 15.2. The van der Waals surface area contributed by atoms with E-state index in [0.29, 0.717) is 12.0 Å². The number of rotatable bonds is 7. The van der Waals surface area contributed by atoms with Gasteiger partial charge in [0.1, 0.15) is 0 Å². The van der Waals surface area contributed by atoms with Crippen LogP contribution < -0.4 is 10.6 Å². The van der Waals surface area contributed by atoms with Crippen molar-refractivity contribution in [2.75, 3.05) is 31.6 Å². The number of hydrogen-bond acceptors (Lipinski definition) is 2. The van der Waals surface area contributed by atoms with E-state index in [1.807, 2.05) is 7.05 Å². The van der Waals surface area contributed by atoms with Gasteiger partial charge in [0.15, 0.2) is 5.96 Å². The van der Waals surface area contributed by atoms with E-state index in [1.54, 1.807) is 0 Å². The zero-order chi connectivity index (χ0) is 14.4. The molecule has 2 rings (SSSR count). The first-order chi connectivity index (χ1) is 9.72. The Hall–Kier alpha value is -1.71. The first-order valence-corrected chi connectivity index (χ1v) is 7.55. The second-order valence-corrected chi connectivity index (χ2v) is 5.35. The Morgan fingerprint density at radius 3 is 2.60 bits per heavy atom. The maximum atomic E-state index is 5.98. The smallest absolute Gasteiger partial charge is 0.191 e. The summed E-state index contributed by atoms with van der Waals surface area (Å²) >= 11 is 0. The summed E-state index contributed by atoms with van der Waals surface area (Å²) in [4.78, 5) is 8.96. The number of hydrogen-bond donors (Lipinski definition) is 1. The van der Waals surface area contributed by atoms with E-state index in [2.05, 4.69) is 52.0 Å². The molecular weight excluding hydrogens is 248 g/mol. The number of aliphatic imine (C=N–C) groups is 1. The lowest BCUT2D eigenvalue weighted by molar-refractivity contribution is 0.487. The molecule has 0 bridgehead atoms. The molecule has 0 saturated heterocycles. The van der Waals surface area contributed by atoms with E-state index in [4.69, 9.17) is 5.73 Å². The summed E-state index contributed by atoms with van der Waals surface area (Å²) in [6, 6.07) is 11.2. The molecule has 1 saturated carbocycles. The number of nitrogens with two attached hydrogens (primary N) is 1. The van der Waals surface area contributed by atoms with E-state index in [1.165, 1.54) is 18.5 Å². The number of nitrogens with zero attached hydrogens (tertiary/aromatic N) is 3. The molecule has 0 spiro atoms. The lowest BCUT2D eigenvalue weighted by Gasteiger charge is -2.23. The minimum atomic E-state index is 0.634. The molecule has 20 heavy (non-hydrogen) atoms. The predicted octanol–water partition coefficient (Wildman–Crippen LogP) is 2.31. The van der Waals surface area contributed by atoms with Gasteiger partial charge in [-0.1, -0.05) is 18.2 Å². The lowest BCUT2D eigenvalue weighted by Crippen LogP contribution is -2.36. The predicted molar refractivity (Wildman–Crippen MR) is 86.2 cm³/mol. The van der Waals surface area contributed by atoms with Crippen LogP contribution in [0.3, 0.4) is 0 Å². The molecule has 1 aliphatic rings. The minimum Gasteiger partial charge on any atom is -0.372 e. The van der Waals surface area contributed by atoms with Crippen molar-refractivity contribution in [3.05, 3.63) is 30.3 Å². The highest BCUT2D eigenvalue weighted by molar-refractivity contribution is 5.78. The van der Waals surface area contributed by atoms with Crippen molar-refractivity contribution in [3.63, 3.8) is 0 Å². The van der Waals surface area contributed by atoms with Crippen LogP contribution in [0.15, 0.2) is 35.3 Å². The van der Waals surface area contributed by atoms with Crippen LogP contribution >= 0.6 is 0 Å². The van der Waals surface area contributed by atoms with Gasteiger partial charge in [0.05, 0.1) is 0 Å². The third-order valence-electron chi connectivity index (χ3n) is 3.82. The van der Waals surface area contributed by atoms with Crippen molar-refractivity contribution in [2.24, 2.45) is 10.7 Å².